The summed E-state index contributed by atoms with van der Waals surface area (Å²) < 4.78 is 20.7. The lowest BCUT2D eigenvalue weighted by atomic mass is 10.1. The number of ether oxygens (including phenoxy) is 1. The summed E-state index contributed by atoms with van der Waals surface area (Å²) in [4.78, 5) is 7.60. The Bertz CT molecular complexity index is 1050. The van der Waals surface area contributed by atoms with Crippen LogP contribution in [0.2, 0.25) is 0 Å². The molecule has 1 fully saturated rings. The molecule has 1 saturated carbocycles. The van der Waals surface area contributed by atoms with E-state index in [0.717, 1.165) is 17.5 Å². The molecule has 0 amide bonds. The summed E-state index contributed by atoms with van der Waals surface area (Å²) in [5, 5.41) is 8.27. The lowest BCUT2D eigenvalue weighted by Crippen LogP contribution is -1.99. The zero-order chi connectivity index (χ0) is 18.8. The molecule has 122 valence electrons. The summed E-state index contributed by atoms with van der Waals surface area (Å²) in [6.45, 7) is 0. The van der Waals surface area contributed by atoms with Crippen molar-refractivity contribution >= 4 is 0 Å². The van der Waals surface area contributed by atoms with Gasteiger partial charge >= 0.3 is 0 Å². The van der Waals surface area contributed by atoms with Crippen LogP contribution in [-0.2, 0) is 0 Å². The van der Waals surface area contributed by atoms with Gasteiger partial charge in [0.15, 0.2) is 0 Å². The van der Waals surface area contributed by atoms with Gasteiger partial charge < -0.3 is 4.74 Å². The highest BCUT2D eigenvalue weighted by Crippen LogP contribution is 2.50. The van der Waals surface area contributed by atoms with Crippen LogP contribution in [0.15, 0.2) is 55.1 Å². The van der Waals surface area contributed by atoms with Gasteiger partial charge in [0.2, 0.25) is 5.88 Å². The average molecular weight is 330 g/mol. The lowest BCUT2D eigenvalue weighted by molar-refractivity contribution is 0.386. The Hall–Kier alpha value is -3.26. The van der Waals surface area contributed by atoms with Crippen molar-refractivity contribution in [2.45, 2.75) is 12.3 Å². The van der Waals surface area contributed by atoms with Crippen LogP contribution in [0.1, 0.15) is 26.2 Å². The third-order valence-corrected chi connectivity index (χ3v) is 4.10. The van der Waals surface area contributed by atoms with Gasteiger partial charge in [0, 0.05) is 40.9 Å². The molecule has 5 nitrogen and oxygen atoms in total. The molecule has 25 heavy (non-hydrogen) atoms. The molecule has 0 spiro atoms. The fourth-order valence-electron chi connectivity index (χ4n) is 2.71. The Kier molecular flexibility index (Phi) is 3.50. The Morgan fingerprint density at radius 3 is 2.88 bits per heavy atom. The zero-order valence-corrected chi connectivity index (χ0v) is 13.6. The highest BCUT2D eigenvalue weighted by Gasteiger charge is 2.40. The van der Waals surface area contributed by atoms with Gasteiger partial charge in [0.1, 0.15) is 7.67 Å². The van der Waals surface area contributed by atoms with Crippen molar-refractivity contribution in [2.24, 2.45) is 5.92 Å². The number of benzene rings is 1. The van der Waals surface area contributed by atoms with E-state index in [1.807, 2.05) is 36.4 Å². The fraction of sp³-hybridized carbons (Fsp3) is 0.200. The first-order valence-electron chi connectivity index (χ1n) is 8.94. The number of rotatable bonds is 3. The van der Waals surface area contributed by atoms with E-state index in [0.29, 0.717) is 17.1 Å². The molecule has 3 aromatic rings. The Balaban J connectivity index is 1.62. The van der Waals surface area contributed by atoms with E-state index in [9.17, 15) is 0 Å². The molecule has 0 bridgehead atoms. The molecule has 1 aromatic carbocycles. The van der Waals surface area contributed by atoms with Crippen LogP contribution < -0.4 is 4.74 Å². The molecule has 5 heteroatoms. The third kappa shape index (κ3) is 3.33. The number of aromatic nitrogens is 4. The van der Waals surface area contributed by atoms with Crippen molar-refractivity contribution in [3.63, 3.8) is 0 Å². The van der Waals surface area contributed by atoms with Crippen LogP contribution in [0.25, 0.3) is 11.3 Å². The minimum Gasteiger partial charge on any atom is -0.480 e. The predicted molar refractivity (Wildman–Crippen MR) is 93.8 cm³/mol. The minimum absolute atomic E-state index is 0.0448. The van der Waals surface area contributed by atoms with Gasteiger partial charge in [-0.25, -0.2) is 9.97 Å². The van der Waals surface area contributed by atoms with E-state index in [2.05, 4.69) is 32.0 Å². The van der Waals surface area contributed by atoms with Gasteiger partial charge in [0.05, 0.1) is 14.2 Å². The van der Waals surface area contributed by atoms with Crippen molar-refractivity contribution in [1.29, 1.82) is 0 Å². The molecule has 4 rings (SSSR count). The Morgan fingerprint density at radius 2 is 2.08 bits per heavy atom. The summed E-state index contributed by atoms with van der Waals surface area (Å²) in [7, 11) is 1.56. The summed E-state index contributed by atoms with van der Waals surface area (Å²) >= 11 is 0. The van der Waals surface area contributed by atoms with Crippen molar-refractivity contribution in [1.82, 2.24) is 20.2 Å². The van der Waals surface area contributed by atoms with Gasteiger partial charge in [-0.3, -0.25) is 0 Å². The van der Waals surface area contributed by atoms with Gasteiger partial charge in [-0.2, -0.15) is 0 Å². The zero-order valence-electron chi connectivity index (χ0n) is 15.6. The van der Waals surface area contributed by atoms with Crippen LogP contribution in [-0.4, -0.2) is 27.3 Å². The molecule has 2 aromatic heterocycles. The maximum Gasteiger partial charge on any atom is 0.236 e. The molecule has 1 aliphatic carbocycles. The molecule has 1 aliphatic rings. The number of nitrogens with zero attached hydrogens (tertiary/aromatic N) is 4. The van der Waals surface area contributed by atoms with E-state index in [1.54, 1.807) is 7.11 Å². The van der Waals surface area contributed by atoms with Gasteiger partial charge in [-0.05, 0) is 24.6 Å². The second-order valence-electron chi connectivity index (χ2n) is 5.77. The summed E-state index contributed by atoms with van der Waals surface area (Å²) in [5.74, 6) is 7.44. The first-order valence-corrected chi connectivity index (χ1v) is 7.94. The molecule has 2 atom stereocenters. The van der Waals surface area contributed by atoms with Crippen LogP contribution in [0.5, 0.6) is 5.88 Å². The maximum atomic E-state index is 7.95. The van der Waals surface area contributed by atoms with E-state index in [4.69, 9.17) is 7.48 Å². The normalized spacial score (nSPS) is 19.2. The van der Waals surface area contributed by atoms with Gasteiger partial charge in [0.25, 0.3) is 0 Å². The van der Waals surface area contributed by atoms with Crippen LogP contribution >= 0.6 is 0 Å². The summed E-state index contributed by atoms with van der Waals surface area (Å²) in [6.07, 6.45) is 2.12. The molecule has 0 unspecified atom stereocenters. The molecule has 0 radical (unpaired) electrons. The van der Waals surface area contributed by atoms with Crippen LogP contribution in [0.4, 0.5) is 0 Å². The van der Waals surface area contributed by atoms with Gasteiger partial charge in [-0.15, -0.1) is 10.2 Å². The maximum absolute atomic E-state index is 7.95. The molecule has 0 N–H and O–H groups in total. The standard InChI is InChI=1S/C20H16N4O/c1-25-20-18(10-19(23-24-20)16-11-21-13-22-12-16)17-9-15(17)8-7-14-5-3-2-4-6-14/h2-6,10-13,15,17H,9H2,1H3/t15-,17-/m0/s1/i11D,13D. The van der Waals surface area contributed by atoms with Crippen molar-refractivity contribution in [3.8, 4) is 29.0 Å². The SMILES string of the molecule is [2H]c1ncc(-c2cc([C@H]3C[C@@H]3C#Cc3ccccc3)c(OC)nn2)c([2H])n1. The first kappa shape index (κ1) is 13.1. The summed E-state index contributed by atoms with van der Waals surface area (Å²) in [6, 6.07) is 11.8. The lowest BCUT2D eigenvalue weighted by Gasteiger charge is -2.07. The Morgan fingerprint density at radius 1 is 1.20 bits per heavy atom. The van der Waals surface area contributed by atoms with Crippen molar-refractivity contribution < 1.29 is 7.48 Å². The molecule has 0 saturated heterocycles. The van der Waals surface area contributed by atoms with E-state index < -0.39 is 0 Å². The molecule has 0 aliphatic heterocycles. The molecule has 2 heterocycles. The van der Waals surface area contributed by atoms with Crippen LogP contribution in [0.3, 0.4) is 0 Å². The third-order valence-electron chi connectivity index (χ3n) is 4.10. The summed E-state index contributed by atoms with van der Waals surface area (Å²) in [5.41, 5.74) is 2.85. The topological polar surface area (TPSA) is 60.8 Å². The average Bonchev–Trinajstić information content (AvgIpc) is 3.46. The monoisotopic (exact) mass is 330 g/mol. The predicted octanol–water partition coefficient (Wildman–Crippen LogP) is 3.10. The number of methoxy groups -OCH3 is 1. The molecular formula is C20H16N4O. The highest BCUT2D eigenvalue weighted by atomic mass is 16.5. The van der Waals surface area contributed by atoms with Crippen molar-refractivity contribution in [2.75, 3.05) is 7.11 Å². The van der Waals surface area contributed by atoms with E-state index in [-0.39, 0.29) is 24.3 Å². The largest absolute Gasteiger partial charge is 0.480 e. The first-order chi connectivity index (χ1) is 13.2. The quantitative estimate of drug-likeness (QED) is 0.691. The Labute approximate surface area is 148 Å². The minimum atomic E-state index is -0.191. The molecular weight excluding hydrogens is 312 g/mol. The highest BCUT2D eigenvalue weighted by molar-refractivity contribution is 5.58. The van der Waals surface area contributed by atoms with E-state index in [1.165, 1.54) is 6.20 Å². The smallest absolute Gasteiger partial charge is 0.236 e. The van der Waals surface area contributed by atoms with Crippen molar-refractivity contribution in [3.05, 3.63) is 66.2 Å². The van der Waals surface area contributed by atoms with Gasteiger partial charge in [-0.1, -0.05) is 30.0 Å². The van der Waals surface area contributed by atoms with E-state index >= 15 is 0 Å². The number of hydrogen-bond donors (Lipinski definition) is 0. The number of hydrogen-bond acceptors (Lipinski definition) is 5. The fourth-order valence-corrected chi connectivity index (χ4v) is 2.71. The second-order valence-corrected chi connectivity index (χ2v) is 5.77. The second kappa shape index (κ2) is 6.70. The van der Waals surface area contributed by atoms with Crippen LogP contribution in [0, 0.1) is 17.8 Å².